The molecule has 1 saturated carbocycles. The average molecular weight is 336 g/mol. The van der Waals surface area contributed by atoms with E-state index in [1.165, 1.54) is 16.7 Å². The molecule has 0 spiro atoms. The van der Waals surface area contributed by atoms with E-state index in [2.05, 4.69) is 36.4 Å². The molecule has 0 unspecified atom stereocenters. The SMILES string of the molecule is C[C@]1(O)CC[C@@]2(Cc3ccccc3)c3ccc(O)cc3CCC[C@H]2C1. The molecular weight excluding hydrogens is 308 g/mol. The van der Waals surface area contributed by atoms with E-state index in [1.54, 1.807) is 0 Å². The van der Waals surface area contributed by atoms with E-state index in [4.69, 9.17) is 0 Å². The fourth-order valence-corrected chi connectivity index (χ4v) is 5.36. The van der Waals surface area contributed by atoms with Gasteiger partial charge in [0.15, 0.2) is 0 Å². The van der Waals surface area contributed by atoms with E-state index in [9.17, 15) is 10.2 Å². The largest absolute Gasteiger partial charge is 0.508 e. The smallest absolute Gasteiger partial charge is 0.115 e. The third kappa shape index (κ3) is 3.08. The normalized spacial score (nSPS) is 31.7. The summed E-state index contributed by atoms with van der Waals surface area (Å²) in [6.45, 7) is 2.00. The summed E-state index contributed by atoms with van der Waals surface area (Å²) < 4.78 is 0. The van der Waals surface area contributed by atoms with Gasteiger partial charge in [-0.2, -0.15) is 0 Å². The summed E-state index contributed by atoms with van der Waals surface area (Å²) in [5.74, 6) is 0.858. The number of phenols is 1. The lowest BCUT2D eigenvalue weighted by molar-refractivity contribution is -0.0330. The second-order valence-corrected chi connectivity index (χ2v) is 8.45. The molecule has 2 aliphatic carbocycles. The Balaban J connectivity index is 1.84. The van der Waals surface area contributed by atoms with Crippen LogP contribution >= 0.6 is 0 Å². The molecule has 2 nitrogen and oxygen atoms in total. The highest BCUT2D eigenvalue weighted by Crippen LogP contribution is 2.53. The minimum atomic E-state index is -0.549. The molecule has 132 valence electrons. The number of aliphatic hydroxyl groups is 1. The molecule has 0 aliphatic heterocycles. The van der Waals surface area contributed by atoms with Gasteiger partial charge in [-0.25, -0.2) is 0 Å². The third-order valence-electron chi connectivity index (χ3n) is 6.56. The summed E-state index contributed by atoms with van der Waals surface area (Å²) >= 11 is 0. The van der Waals surface area contributed by atoms with Gasteiger partial charge in [-0.15, -0.1) is 0 Å². The summed E-state index contributed by atoms with van der Waals surface area (Å²) in [6, 6.07) is 16.7. The number of fused-ring (bicyclic) bond motifs is 3. The number of rotatable bonds is 2. The number of benzene rings is 2. The first-order chi connectivity index (χ1) is 12.0. The molecule has 2 aromatic rings. The van der Waals surface area contributed by atoms with Crippen LogP contribution in [0.1, 0.15) is 55.7 Å². The van der Waals surface area contributed by atoms with Gasteiger partial charge in [0.2, 0.25) is 0 Å². The van der Waals surface area contributed by atoms with Gasteiger partial charge in [-0.3, -0.25) is 0 Å². The van der Waals surface area contributed by atoms with Crippen LogP contribution in [0, 0.1) is 5.92 Å². The molecule has 0 bridgehead atoms. The molecule has 4 rings (SSSR count). The van der Waals surface area contributed by atoms with Gasteiger partial charge in [0.1, 0.15) is 5.75 Å². The molecular formula is C23H28O2. The Morgan fingerprint density at radius 2 is 1.88 bits per heavy atom. The number of hydrogen-bond acceptors (Lipinski definition) is 2. The van der Waals surface area contributed by atoms with Crippen molar-refractivity contribution in [2.45, 2.75) is 62.9 Å². The zero-order chi connectivity index (χ0) is 17.5. The van der Waals surface area contributed by atoms with Gasteiger partial charge in [0, 0.05) is 5.41 Å². The summed E-state index contributed by atoms with van der Waals surface area (Å²) in [6.07, 6.45) is 7.06. The molecule has 25 heavy (non-hydrogen) atoms. The molecule has 0 aromatic heterocycles. The Morgan fingerprint density at radius 1 is 1.08 bits per heavy atom. The summed E-state index contributed by atoms with van der Waals surface area (Å²) in [5.41, 5.74) is 3.61. The van der Waals surface area contributed by atoms with Crippen molar-refractivity contribution >= 4 is 0 Å². The molecule has 2 heteroatoms. The Morgan fingerprint density at radius 3 is 2.68 bits per heavy atom. The Kier molecular flexibility index (Phi) is 4.11. The molecule has 0 heterocycles. The number of aromatic hydroxyl groups is 1. The Hall–Kier alpha value is -1.80. The highest BCUT2D eigenvalue weighted by atomic mass is 16.3. The lowest BCUT2D eigenvalue weighted by Crippen LogP contribution is -2.47. The van der Waals surface area contributed by atoms with Crippen molar-refractivity contribution in [1.82, 2.24) is 0 Å². The minimum absolute atomic E-state index is 0.0725. The Bertz CT molecular complexity index is 750. The maximum absolute atomic E-state index is 10.7. The molecule has 0 amide bonds. The van der Waals surface area contributed by atoms with Gasteiger partial charge >= 0.3 is 0 Å². The third-order valence-corrected chi connectivity index (χ3v) is 6.56. The van der Waals surface area contributed by atoms with Crippen LogP contribution in [-0.4, -0.2) is 15.8 Å². The second-order valence-electron chi connectivity index (χ2n) is 8.45. The van der Waals surface area contributed by atoms with Gasteiger partial charge in [-0.05, 0) is 86.6 Å². The predicted molar refractivity (Wildman–Crippen MR) is 101 cm³/mol. The molecule has 2 aliphatic rings. The first-order valence-corrected chi connectivity index (χ1v) is 9.57. The van der Waals surface area contributed by atoms with Crippen molar-refractivity contribution in [3.8, 4) is 5.75 Å². The highest BCUT2D eigenvalue weighted by Gasteiger charge is 2.49. The van der Waals surface area contributed by atoms with E-state index in [0.29, 0.717) is 11.7 Å². The van der Waals surface area contributed by atoms with Crippen molar-refractivity contribution < 1.29 is 10.2 Å². The van der Waals surface area contributed by atoms with Crippen molar-refractivity contribution in [2.75, 3.05) is 0 Å². The molecule has 0 saturated heterocycles. The van der Waals surface area contributed by atoms with Gasteiger partial charge in [0.05, 0.1) is 5.60 Å². The number of aryl methyl sites for hydroxylation is 1. The van der Waals surface area contributed by atoms with Crippen LogP contribution in [-0.2, 0) is 18.3 Å². The first kappa shape index (κ1) is 16.7. The fraction of sp³-hybridized carbons (Fsp3) is 0.478. The van der Waals surface area contributed by atoms with Crippen LogP contribution in [0.5, 0.6) is 5.75 Å². The number of hydrogen-bond donors (Lipinski definition) is 2. The zero-order valence-corrected chi connectivity index (χ0v) is 15.0. The molecule has 2 aromatic carbocycles. The van der Waals surface area contributed by atoms with Crippen LogP contribution < -0.4 is 0 Å². The van der Waals surface area contributed by atoms with Gasteiger partial charge < -0.3 is 10.2 Å². The quantitative estimate of drug-likeness (QED) is 0.830. The average Bonchev–Trinajstić information content (AvgIpc) is 2.72. The lowest BCUT2D eigenvalue weighted by atomic mass is 9.56. The summed E-state index contributed by atoms with van der Waals surface area (Å²) in [4.78, 5) is 0. The summed E-state index contributed by atoms with van der Waals surface area (Å²) in [5, 5.41) is 20.7. The lowest BCUT2D eigenvalue weighted by Gasteiger charge is -2.49. The van der Waals surface area contributed by atoms with Crippen LogP contribution in [0.25, 0.3) is 0 Å². The van der Waals surface area contributed by atoms with Crippen LogP contribution in [0.4, 0.5) is 0 Å². The first-order valence-electron chi connectivity index (χ1n) is 9.57. The topological polar surface area (TPSA) is 40.5 Å². The van der Waals surface area contributed by atoms with E-state index < -0.39 is 5.60 Å². The molecule has 3 atom stereocenters. The molecule has 2 N–H and O–H groups in total. The zero-order valence-electron chi connectivity index (χ0n) is 15.0. The minimum Gasteiger partial charge on any atom is -0.508 e. The number of phenolic OH excluding ortho intramolecular Hbond substituents is 1. The molecule has 0 radical (unpaired) electrons. The van der Waals surface area contributed by atoms with Crippen molar-refractivity contribution in [3.05, 3.63) is 65.2 Å². The maximum atomic E-state index is 10.7. The van der Waals surface area contributed by atoms with E-state index in [0.717, 1.165) is 44.9 Å². The Labute approximate surface area is 150 Å². The van der Waals surface area contributed by atoms with E-state index >= 15 is 0 Å². The van der Waals surface area contributed by atoms with Crippen molar-refractivity contribution in [1.29, 1.82) is 0 Å². The van der Waals surface area contributed by atoms with Crippen LogP contribution in [0.15, 0.2) is 48.5 Å². The van der Waals surface area contributed by atoms with Crippen molar-refractivity contribution in [3.63, 3.8) is 0 Å². The molecule has 1 fully saturated rings. The fourth-order valence-electron chi connectivity index (χ4n) is 5.36. The van der Waals surface area contributed by atoms with E-state index in [-0.39, 0.29) is 5.41 Å². The standard InChI is InChI=1S/C23H28O2/c1-22(25)12-13-23(15-17-6-3-2-4-7-17)19(16-22)9-5-8-18-14-20(24)10-11-21(18)23/h2-4,6-7,10-11,14,19,24-25H,5,8-9,12-13,15-16H2,1H3/t19-,22-,23-/m0/s1. The van der Waals surface area contributed by atoms with Crippen LogP contribution in [0.2, 0.25) is 0 Å². The van der Waals surface area contributed by atoms with Crippen molar-refractivity contribution in [2.24, 2.45) is 5.92 Å². The second kappa shape index (κ2) is 6.17. The van der Waals surface area contributed by atoms with Crippen LogP contribution in [0.3, 0.4) is 0 Å². The van der Waals surface area contributed by atoms with Gasteiger partial charge in [0.25, 0.3) is 0 Å². The maximum Gasteiger partial charge on any atom is 0.115 e. The monoisotopic (exact) mass is 336 g/mol. The summed E-state index contributed by atoms with van der Waals surface area (Å²) in [7, 11) is 0. The predicted octanol–water partition coefficient (Wildman–Crippen LogP) is 4.76. The van der Waals surface area contributed by atoms with E-state index in [1.807, 2.05) is 19.1 Å². The highest BCUT2D eigenvalue weighted by molar-refractivity contribution is 5.43. The van der Waals surface area contributed by atoms with Gasteiger partial charge in [-0.1, -0.05) is 36.4 Å².